The van der Waals surface area contributed by atoms with E-state index < -0.39 is 5.97 Å². The van der Waals surface area contributed by atoms with Crippen molar-refractivity contribution in [2.24, 2.45) is 5.92 Å². The highest BCUT2D eigenvalue weighted by Crippen LogP contribution is 2.09. The molecular weight excluding hydrogens is 264 g/mol. The number of carboxylic acid groups (broad SMARTS) is 1. The molecule has 0 bridgehead atoms. The maximum Gasteiger partial charge on any atom is 0.315 e. The third-order valence-electron chi connectivity index (χ3n) is 2.92. The van der Waals surface area contributed by atoms with Crippen molar-refractivity contribution in [1.82, 2.24) is 10.6 Å². The number of rotatable bonds is 9. The average molecular weight is 288 g/mol. The molecule has 0 aliphatic rings. The number of urea groups is 1. The number of nitrogens with one attached hydrogen (secondary N) is 2. The Hall–Kier alpha value is -1.79. The second-order valence-electron chi connectivity index (χ2n) is 4.80. The van der Waals surface area contributed by atoms with Gasteiger partial charge < -0.3 is 20.5 Å². The predicted octanol–water partition coefficient (Wildman–Crippen LogP) is 1.13. The van der Waals surface area contributed by atoms with Crippen molar-refractivity contribution in [1.29, 1.82) is 0 Å². The molecule has 0 aliphatic heterocycles. The number of hydrogen-bond donors (Lipinski definition) is 3. The van der Waals surface area contributed by atoms with Crippen molar-refractivity contribution in [3.05, 3.63) is 0 Å². The maximum absolute atomic E-state index is 11.5. The molecule has 0 heterocycles. The van der Waals surface area contributed by atoms with Crippen LogP contribution in [0.1, 0.15) is 39.5 Å². The zero-order valence-corrected chi connectivity index (χ0v) is 12.3. The first-order valence-corrected chi connectivity index (χ1v) is 6.70. The van der Waals surface area contributed by atoms with Crippen LogP contribution in [0.3, 0.4) is 0 Å². The Balaban J connectivity index is 3.69. The molecule has 7 nitrogen and oxygen atoms in total. The van der Waals surface area contributed by atoms with E-state index in [0.29, 0.717) is 12.8 Å². The smallest absolute Gasteiger partial charge is 0.315 e. The molecule has 0 aromatic heterocycles. The van der Waals surface area contributed by atoms with Crippen LogP contribution in [0.15, 0.2) is 0 Å². The lowest BCUT2D eigenvalue weighted by Crippen LogP contribution is -2.41. The first-order chi connectivity index (χ1) is 9.36. The monoisotopic (exact) mass is 288 g/mol. The number of amides is 2. The summed E-state index contributed by atoms with van der Waals surface area (Å²) in [7, 11) is 1.29. The largest absolute Gasteiger partial charge is 0.481 e. The van der Waals surface area contributed by atoms with Crippen LogP contribution >= 0.6 is 0 Å². The van der Waals surface area contributed by atoms with Crippen LogP contribution in [0.25, 0.3) is 0 Å². The van der Waals surface area contributed by atoms with E-state index in [1.807, 2.05) is 6.92 Å². The van der Waals surface area contributed by atoms with E-state index in [1.165, 1.54) is 7.11 Å². The summed E-state index contributed by atoms with van der Waals surface area (Å²) in [6.45, 7) is 3.74. The molecule has 2 unspecified atom stereocenters. The molecule has 0 aliphatic carbocycles. The molecule has 3 N–H and O–H groups in total. The van der Waals surface area contributed by atoms with Gasteiger partial charge in [-0.15, -0.1) is 0 Å². The van der Waals surface area contributed by atoms with Crippen LogP contribution in [-0.4, -0.2) is 42.8 Å². The van der Waals surface area contributed by atoms with Gasteiger partial charge in [0.05, 0.1) is 19.4 Å². The highest BCUT2D eigenvalue weighted by Gasteiger charge is 2.12. The van der Waals surface area contributed by atoms with Crippen molar-refractivity contribution in [2.75, 3.05) is 13.7 Å². The topological polar surface area (TPSA) is 105 Å². The Kier molecular flexibility index (Phi) is 9.15. The zero-order valence-electron chi connectivity index (χ0n) is 12.3. The lowest BCUT2D eigenvalue weighted by molar-refractivity contribution is -0.141. The van der Waals surface area contributed by atoms with Crippen molar-refractivity contribution in [3.63, 3.8) is 0 Å². The van der Waals surface area contributed by atoms with Gasteiger partial charge in [-0.05, 0) is 19.8 Å². The highest BCUT2D eigenvalue weighted by molar-refractivity contribution is 5.75. The Labute approximate surface area is 119 Å². The molecule has 0 spiro atoms. The molecule has 20 heavy (non-hydrogen) atoms. The summed E-state index contributed by atoms with van der Waals surface area (Å²) < 4.78 is 4.45. The summed E-state index contributed by atoms with van der Waals surface area (Å²) in [5, 5.41) is 14.0. The molecule has 0 rings (SSSR count). The number of methoxy groups -OCH3 is 1. The third-order valence-corrected chi connectivity index (χ3v) is 2.92. The van der Waals surface area contributed by atoms with Gasteiger partial charge in [-0.1, -0.05) is 13.3 Å². The van der Waals surface area contributed by atoms with E-state index in [-0.39, 0.29) is 36.9 Å². The Morgan fingerprint density at radius 3 is 2.40 bits per heavy atom. The van der Waals surface area contributed by atoms with Crippen LogP contribution in [0.5, 0.6) is 0 Å². The Morgan fingerprint density at radius 1 is 1.20 bits per heavy atom. The minimum atomic E-state index is -0.800. The van der Waals surface area contributed by atoms with E-state index in [9.17, 15) is 14.4 Å². The van der Waals surface area contributed by atoms with Gasteiger partial charge in [-0.2, -0.15) is 0 Å². The quantitative estimate of drug-likeness (QED) is 0.552. The molecule has 0 saturated carbocycles. The molecule has 0 fully saturated rings. The minimum absolute atomic E-state index is 0.0471. The van der Waals surface area contributed by atoms with E-state index in [4.69, 9.17) is 5.11 Å². The fourth-order valence-electron chi connectivity index (χ4n) is 1.58. The number of carbonyl (C=O) groups is 3. The van der Waals surface area contributed by atoms with Crippen molar-refractivity contribution >= 4 is 18.0 Å². The number of esters is 1. The fourth-order valence-corrected chi connectivity index (χ4v) is 1.58. The predicted molar refractivity (Wildman–Crippen MR) is 73.3 cm³/mol. The number of aliphatic carboxylic acids is 1. The third kappa shape index (κ3) is 9.18. The number of ether oxygens (including phenoxy) is 1. The molecule has 0 saturated heterocycles. The normalized spacial score (nSPS) is 13.2. The second kappa shape index (κ2) is 10.1. The highest BCUT2D eigenvalue weighted by atomic mass is 16.5. The van der Waals surface area contributed by atoms with Crippen LogP contribution in [-0.2, 0) is 14.3 Å². The second-order valence-corrected chi connectivity index (χ2v) is 4.80. The molecule has 116 valence electrons. The van der Waals surface area contributed by atoms with Crippen LogP contribution < -0.4 is 10.6 Å². The van der Waals surface area contributed by atoms with Gasteiger partial charge >= 0.3 is 18.0 Å². The summed E-state index contributed by atoms with van der Waals surface area (Å²) in [4.78, 5) is 32.9. The summed E-state index contributed by atoms with van der Waals surface area (Å²) in [5.74, 6) is -1.54. The van der Waals surface area contributed by atoms with Gasteiger partial charge in [0.1, 0.15) is 0 Å². The van der Waals surface area contributed by atoms with E-state index in [0.717, 1.165) is 6.42 Å². The van der Waals surface area contributed by atoms with Gasteiger partial charge in [0.2, 0.25) is 0 Å². The number of hydrogen-bond acceptors (Lipinski definition) is 4. The summed E-state index contributed by atoms with van der Waals surface area (Å²) in [6.07, 6.45) is 2.17. The molecule has 7 heteroatoms. The lowest BCUT2D eigenvalue weighted by atomic mass is 10.0. The van der Waals surface area contributed by atoms with Crippen LogP contribution in [0, 0.1) is 5.92 Å². The van der Waals surface area contributed by atoms with Crippen molar-refractivity contribution in [3.8, 4) is 0 Å². The van der Waals surface area contributed by atoms with Crippen LogP contribution in [0.2, 0.25) is 0 Å². The summed E-state index contributed by atoms with van der Waals surface area (Å²) >= 11 is 0. The fraction of sp³-hybridized carbons (Fsp3) is 0.769. The minimum Gasteiger partial charge on any atom is -0.481 e. The Bertz CT molecular complexity index is 333. The summed E-state index contributed by atoms with van der Waals surface area (Å²) in [5.41, 5.74) is 0. The maximum atomic E-state index is 11.5. The SMILES string of the molecule is COC(=O)CCNC(=O)NC(C)CCCC(C)C(=O)O. The molecule has 0 aromatic carbocycles. The standard InChI is InChI=1S/C13H24N2O5/c1-9(12(17)18)5-4-6-10(2)15-13(19)14-8-7-11(16)20-3/h9-10H,4-8H2,1-3H3,(H,17,18)(H2,14,15,19). The van der Waals surface area contributed by atoms with Crippen molar-refractivity contribution < 1.29 is 24.2 Å². The first kappa shape index (κ1) is 18.2. The number of carbonyl (C=O) groups excluding carboxylic acids is 2. The summed E-state index contributed by atoms with van der Waals surface area (Å²) in [6, 6.07) is -0.387. The average Bonchev–Trinajstić information content (AvgIpc) is 2.37. The van der Waals surface area contributed by atoms with Gasteiger partial charge in [0.25, 0.3) is 0 Å². The molecule has 0 aromatic rings. The van der Waals surface area contributed by atoms with Gasteiger partial charge in [0, 0.05) is 12.6 Å². The van der Waals surface area contributed by atoms with E-state index in [1.54, 1.807) is 6.92 Å². The molecule has 0 radical (unpaired) electrons. The lowest BCUT2D eigenvalue weighted by Gasteiger charge is -2.15. The van der Waals surface area contributed by atoms with Crippen LogP contribution in [0.4, 0.5) is 4.79 Å². The van der Waals surface area contributed by atoms with Gasteiger partial charge in [-0.25, -0.2) is 4.79 Å². The van der Waals surface area contributed by atoms with Gasteiger partial charge in [0.15, 0.2) is 0 Å². The van der Waals surface area contributed by atoms with Crippen molar-refractivity contribution in [2.45, 2.75) is 45.6 Å². The number of carboxylic acids is 1. The Morgan fingerprint density at radius 2 is 1.85 bits per heavy atom. The molecule has 2 atom stereocenters. The molecular formula is C13H24N2O5. The van der Waals surface area contributed by atoms with Gasteiger partial charge in [-0.3, -0.25) is 9.59 Å². The van der Waals surface area contributed by atoms with E-state index in [2.05, 4.69) is 15.4 Å². The molecule has 2 amide bonds. The zero-order chi connectivity index (χ0) is 15.5. The first-order valence-electron chi connectivity index (χ1n) is 6.70. The van der Waals surface area contributed by atoms with E-state index >= 15 is 0 Å².